The van der Waals surface area contributed by atoms with Crippen LogP contribution in [0.3, 0.4) is 0 Å². The Hall–Kier alpha value is -0.500. The van der Waals surface area contributed by atoms with Crippen LogP contribution < -0.4 is 0 Å². The van der Waals surface area contributed by atoms with Crippen LogP contribution >= 0.6 is 15.9 Å². The van der Waals surface area contributed by atoms with Crippen molar-refractivity contribution in [2.75, 3.05) is 13.2 Å². The van der Waals surface area contributed by atoms with E-state index in [1.165, 1.54) is 16.4 Å². The zero-order valence-electron chi connectivity index (χ0n) is 10.8. The standard InChI is InChI=1S/C12H17BrFNO3S/c1-9(2)15(6-3-7-16)19(17,18)10-4-5-11(13)12(14)8-10/h4-5,8-9,16H,3,6-7H2,1-2H3. The summed E-state index contributed by atoms with van der Waals surface area (Å²) in [5.41, 5.74) is 0. The van der Waals surface area contributed by atoms with Crippen LogP contribution in [0.25, 0.3) is 0 Å². The molecule has 0 atom stereocenters. The predicted molar refractivity (Wildman–Crippen MR) is 74.8 cm³/mol. The van der Waals surface area contributed by atoms with Gasteiger partial charge in [-0.25, -0.2) is 12.8 Å². The molecule has 0 aliphatic carbocycles. The van der Waals surface area contributed by atoms with Gasteiger partial charge in [0.1, 0.15) is 5.82 Å². The largest absolute Gasteiger partial charge is 0.396 e. The Morgan fingerprint density at radius 1 is 1.42 bits per heavy atom. The number of rotatable bonds is 6. The van der Waals surface area contributed by atoms with Gasteiger partial charge in [0.15, 0.2) is 0 Å². The molecule has 0 bridgehead atoms. The Kier molecular flexibility index (Phi) is 5.91. The van der Waals surface area contributed by atoms with Gasteiger partial charge in [-0.3, -0.25) is 0 Å². The maximum atomic E-state index is 13.5. The van der Waals surface area contributed by atoms with E-state index in [1.807, 2.05) is 0 Å². The van der Waals surface area contributed by atoms with Crippen molar-refractivity contribution in [1.29, 1.82) is 0 Å². The summed E-state index contributed by atoms with van der Waals surface area (Å²) >= 11 is 2.99. The Balaban J connectivity index is 3.15. The zero-order valence-corrected chi connectivity index (χ0v) is 13.2. The molecule has 0 aliphatic heterocycles. The second-order valence-electron chi connectivity index (χ2n) is 4.36. The molecular weight excluding hydrogens is 337 g/mol. The van der Waals surface area contributed by atoms with E-state index in [2.05, 4.69) is 15.9 Å². The fourth-order valence-corrected chi connectivity index (χ4v) is 3.59. The summed E-state index contributed by atoms with van der Waals surface area (Å²) in [6.45, 7) is 3.59. The predicted octanol–water partition coefficient (Wildman–Crippen LogP) is 2.37. The molecule has 0 aromatic heterocycles. The minimum atomic E-state index is -3.75. The molecule has 1 rings (SSSR count). The average molecular weight is 354 g/mol. The Labute approximate surface area is 121 Å². The summed E-state index contributed by atoms with van der Waals surface area (Å²) in [4.78, 5) is -0.0835. The van der Waals surface area contributed by atoms with E-state index < -0.39 is 15.8 Å². The first-order valence-corrected chi connectivity index (χ1v) is 8.11. The lowest BCUT2D eigenvalue weighted by Crippen LogP contribution is -2.38. The van der Waals surface area contributed by atoms with Crippen LogP contribution in [-0.4, -0.2) is 37.0 Å². The highest BCUT2D eigenvalue weighted by Crippen LogP contribution is 2.23. The molecule has 0 amide bonds. The average Bonchev–Trinajstić information content (AvgIpc) is 2.32. The molecule has 0 heterocycles. The molecule has 4 nitrogen and oxygen atoms in total. The van der Waals surface area contributed by atoms with Crippen molar-refractivity contribution in [3.05, 3.63) is 28.5 Å². The van der Waals surface area contributed by atoms with Crippen molar-refractivity contribution < 1.29 is 17.9 Å². The number of halogens is 2. The lowest BCUT2D eigenvalue weighted by atomic mass is 10.3. The highest BCUT2D eigenvalue weighted by molar-refractivity contribution is 9.10. The van der Waals surface area contributed by atoms with Crippen LogP contribution in [0, 0.1) is 5.82 Å². The minimum Gasteiger partial charge on any atom is -0.396 e. The topological polar surface area (TPSA) is 57.6 Å². The summed E-state index contributed by atoms with van der Waals surface area (Å²) < 4.78 is 39.7. The molecule has 108 valence electrons. The van der Waals surface area contributed by atoms with Gasteiger partial charge in [-0.1, -0.05) is 0 Å². The summed E-state index contributed by atoms with van der Waals surface area (Å²) in [6.07, 6.45) is 0.344. The quantitative estimate of drug-likeness (QED) is 0.853. The normalized spacial score (nSPS) is 12.4. The molecule has 0 aliphatic rings. The molecule has 0 radical (unpaired) electrons. The first kappa shape index (κ1) is 16.6. The summed E-state index contributed by atoms with van der Waals surface area (Å²) in [7, 11) is -3.75. The smallest absolute Gasteiger partial charge is 0.243 e. The van der Waals surface area contributed by atoms with Crippen molar-refractivity contribution in [3.8, 4) is 0 Å². The van der Waals surface area contributed by atoms with E-state index in [0.29, 0.717) is 6.42 Å². The molecule has 0 spiro atoms. The third-order valence-corrected chi connectivity index (χ3v) is 5.32. The Bertz CT molecular complexity index is 534. The van der Waals surface area contributed by atoms with E-state index >= 15 is 0 Å². The number of sulfonamides is 1. The number of aliphatic hydroxyl groups excluding tert-OH is 1. The number of nitrogens with zero attached hydrogens (tertiary/aromatic N) is 1. The third-order valence-electron chi connectivity index (χ3n) is 2.61. The van der Waals surface area contributed by atoms with E-state index in [1.54, 1.807) is 13.8 Å². The molecule has 1 N–H and O–H groups in total. The van der Waals surface area contributed by atoms with Crippen molar-refractivity contribution in [1.82, 2.24) is 4.31 Å². The summed E-state index contributed by atoms with van der Waals surface area (Å²) in [5.74, 6) is -0.619. The van der Waals surface area contributed by atoms with Gasteiger partial charge in [0, 0.05) is 19.2 Å². The van der Waals surface area contributed by atoms with Crippen molar-refractivity contribution in [2.24, 2.45) is 0 Å². The maximum Gasteiger partial charge on any atom is 0.243 e. The lowest BCUT2D eigenvalue weighted by molar-refractivity contribution is 0.258. The molecule has 0 saturated heterocycles. The van der Waals surface area contributed by atoms with E-state index in [4.69, 9.17) is 5.11 Å². The van der Waals surface area contributed by atoms with Crippen LogP contribution in [-0.2, 0) is 10.0 Å². The van der Waals surface area contributed by atoms with E-state index in [-0.39, 0.29) is 28.6 Å². The summed E-state index contributed by atoms with van der Waals surface area (Å²) in [6, 6.07) is 3.46. The van der Waals surface area contributed by atoms with Crippen LogP contribution in [0.5, 0.6) is 0 Å². The molecule has 0 fully saturated rings. The zero-order chi connectivity index (χ0) is 14.6. The van der Waals surface area contributed by atoms with Gasteiger partial charge in [0.2, 0.25) is 10.0 Å². The fourth-order valence-electron chi connectivity index (χ4n) is 1.66. The van der Waals surface area contributed by atoms with Crippen LogP contribution in [0.4, 0.5) is 4.39 Å². The Morgan fingerprint density at radius 2 is 2.05 bits per heavy atom. The second-order valence-corrected chi connectivity index (χ2v) is 7.11. The maximum absolute atomic E-state index is 13.5. The molecule has 0 saturated carbocycles. The number of hydrogen-bond donors (Lipinski definition) is 1. The highest BCUT2D eigenvalue weighted by Gasteiger charge is 2.27. The van der Waals surface area contributed by atoms with Gasteiger partial charge >= 0.3 is 0 Å². The van der Waals surface area contributed by atoms with Gasteiger partial charge in [-0.05, 0) is 54.4 Å². The SMILES string of the molecule is CC(C)N(CCCO)S(=O)(=O)c1ccc(Br)c(F)c1. The van der Waals surface area contributed by atoms with Gasteiger partial charge in [0.05, 0.1) is 9.37 Å². The van der Waals surface area contributed by atoms with Crippen LogP contribution in [0.15, 0.2) is 27.6 Å². The molecule has 19 heavy (non-hydrogen) atoms. The molecule has 1 aromatic rings. The molecule has 0 unspecified atom stereocenters. The molecule has 7 heteroatoms. The van der Waals surface area contributed by atoms with Crippen molar-refractivity contribution in [2.45, 2.75) is 31.2 Å². The first-order chi connectivity index (χ1) is 8.80. The van der Waals surface area contributed by atoms with Crippen molar-refractivity contribution >= 4 is 26.0 Å². The van der Waals surface area contributed by atoms with E-state index in [9.17, 15) is 12.8 Å². The first-order valence-electron chi connectivity index (χ1n) is 5.88. The number of benzene rings is 1. The highest BCUT2D eigenvalue weighted by atomic mass is 79.9. The Morgan fingerprint density at radius 3 is 2.53 bits per heavy atom. The fraction of sp³-hybridized carbons (Fsp3) is 0.500. The number of hydrogen-bond acceptors (Lipinski definition) is 3. The van der Waals surface area contributed by atoms with Crippen molar-refractivity contribution in [3.63, 3.8) is 0 Å². The summed E-state index contributed by atoms with van der Waals surface area (Å²) in [5, 5.41) is 8.83. The van der Waals surface area contributed by atoms with Gasteiger partial charge in [0.25, 0.3) is 0 Å². The third kappa shape index (κ3) is 3.98. The second kappa shape index (κ2) is 6.78. The van der Waals surface area contributed by atoms with E-state index in [0.717, 1.165) is 6.07 Å². The van der Waals surface area contributed by atoms with Gasteiger partial charge < -0.3 is 5.11 Å². The van der Waals surface area contributed by atoms with Crippen LogP contribution in [0.2, 0.25) is 0 Å². The molecular formula is C12H17BrFNO3S. The monoisotopic (exact) mass is 353 g/mol. The van der Waals surface area contributed by atoms with Gasteiger partial charge in [-0.15, -0.1) is 0 Å². The number of aliphatic hydroxyl groups is 1. The molecule has 1 aromatic carbocycles. The minimum absolute atomic E-state index is 0.0835. The van der Waals surface area contributed by atoms with Crippen LogP contribution in [0.1, 0.15) is 20.3 Å². The van der Waals surface area contributed by atoms with Gasteiger partial charge in [-0.2, -0.15) is 4.31 Å². The lowest BCUT2D eigenvalue weighted by Gasteiger charge is -2.25.